The van der Waals surface area contributed by atoms with Crippen LogP contribution >= 0.6 is 22.9 Å². The Balaban J connectivity index is 1.72. The Morgan fingerprint density at radius 1 is 1.13 bits per heavy atom. The van der Waals surface area contributed by atoms with Gasteiger partial charge in [-0.15, -0.1) is 11.3 Å². The van der Waals surface area contributed by atoms with Gasteiger partial charge in [-0.05, 0) is 30.3 Å². The molecular formula is C15H14ClN3O2S2. The van der Waals surface area contributed by atoms with Gasteiger partial charge in [0.1, 0.15) is 4.21 Å². The minimum Gasteiger partial charge on any atom is -0.369 e. The average molecular weight is 368 g/mol. The summed E-state index contributed by atoms with van der Waals surface area (Å²) >= 11 is 6.91. The maximum Gasteiger partial charge on any atom is 0.252 e. The lowest BCUT2D eigenvalue weighted by molar-refractivity contribution is 0.386. The van der Waals surface area contributed by atoms with E-state index in [-0.39, 0.29) is 4.21 Å². The molecule has 5 nitrogen and oxygen atoms in total. The minimum atomic E-state index is -3.47. The number of rotatable bonds is 3. The number of hydrogen-bond acceptors (Lipinski definition) is 5. The molecule has 1 aliphatic rings. The minimum absolute atomic E-state index is 0.280. The van der Waals surface area contributed by atoms with Crippen LogP contribution in [0, 0.1) is 11.3 Å². The van der Waals surface area contributed by atoms with Crippen molar-refractivity contribution in [2.45, 2.75) is 4.21 Å². The SMILES string of the molecule is N#Cc1cccc(N2CCN(S(=O)(=O)c3ccc(Cl)s3)CC2)c1. The molecule has 0 spiro atoms. The number of anilines is 1. The molecule has 120 valence electrons. The number of hydrogen-bond donors (Lipinski definition) is 0. The summed E-state index contributed by atoms with van der Waals surface area (Å²) in [4.78, 5) is 2.09. The van der Waals surface area contributed by atoms with E-state index in [1.54, 1.807) is 18.2 Å². The molecule has 8 heteroatoms. The van der Waals surface area contributed by atoms with Crippen molar-refractivity contribution in [1.29, 1.82) is 5.26 Å². The largest absolute Gasteiger partial charge is 0.369 e. The number of sulfonamides is 1. The highest BCUT2D eigenvalue weighted by Crippen LogP contribution is 2.29. The summed E-state index contributed by atoms with van der Waals surface area (Å²) in [5.41, 5.74) is 1.55. The fraction of sp³-hybridized carbons (Fsp3) is 0.267. The zero-order chi connectivity index (χ0) is 16.4. The first kappa shape index (κ1) is 16.3. The predicted octanol–water partition coefficient (Wildman–Crippen LogP) is 2.78. The Kier molecular flexibility index (Phi) is 4.60. The van der Waals surface area contributed by atoms with E-state index in [4.69, 9.17) is 16.9 Å². The van der Waals surface area contributed by atoms with Crippen LogP contribution < -0.4 is 4.90 Å². The van der Waals surface area contributed by atoms with Crippen molar-refractivity contribution in [3.05, 3.63) is 46.3 Å². The van der Waals surface area contributed by atoms with Crippen molar-refractivity contribution in [2.24, 2.45) is 0 Å². The van der Waals surface area contributed by atoms with Crippen LogP contribution in [0.1, 0.15) is 5.56 Å². The van der Waals surface area contributed by atoms with Crippen molar-refractivity contribution in [3.63, 3.8) is 0 Å². The molecule has 1 fully saturated rings. The fourth-order valence-electron chi connectivity index (χ4n) is 2.52. The van der Waals surface area contributed by atoms with Crippen LogP contribution in [0.3, 0.4) is 0 Å². The maximum absolute atomic E-state index is 12.6. The van der Waals surface area contributed by atoms with Gasteiger partial charge >= 0.3 is 0 Å². The van der Waals surface area contributed by atoms with Gasteiger partial charge in [0.2, 0.25) is 0 Å². The maximum atomic E-state index is 12.6. The summed E-state index contributed by atoms with van der Waals surface area (Å²) in [6.45, 7) is 2.00. The van der Waals surface area contributed by atoms with Crippen molar-refractivity contribution < 1.29 is 8.42 Å². The van der Waals surface area contributed by atoms with Crippen LogP contribution in [0.4, 0.5) is 5.69 Å². The highest BCUT2D eigenvalue weighted by Gasteiger charge is 2.29. The molecule has 0 saturated carbocycles. The molecule has 1 aliphatic heterocycles. The van der Waals surface area contributed by atoms with Crippen LogP contribution in [0.5, 0.6) is 0 Å². The monoisotopic (exact) mass is 367 g/mol. The van der Waals surface area contributed by atoms with Crippen LogP contribution in [-0.4, -0.2) is 38.9 Å². The second kappa shape index (κ2) is 6.49. The molecule has 0 aliphatic carbocycles. The molecule has 1 aromatic carbocycles. The molecule has 1 saturated heterocycles. The fourth-order valence-corrected chi connectivity index (χ4v) is 5.58. The summed E-state index contributed by atoms with van der Waals surface area (Å²) in [7, 11) is -3.47. The van der Waals surface area contributed by atoms with Crippen LogP contribution in [0.2, 0.25) is 4.34 Å². The Hall–Kier alpha value is -1.59. The van der Waals surface area contributed by atoms with Gasteiger partial charge in [-0.25, -0.2) is 8.42 Å². The summed E-state index contributed by atoms with van der Waals surface area (Å²) in [5.74, 6) is 0. The number of thiophene rings is 1. The van der Waals surface area contributed by atoms with Crippen molar-refractivity contribution in [1.82, 2.24) is 4.31 Å². The van der Waals surface area contributed by atoms with Crippen molar-refractivity contribution in [2.75, 3.05) is 31.1 Å². The molecule has 0 atom stereocenters. The summed E-state index contributed by atoms with van der Waals surface area (Å²) in [6, 6.07) is 12.6. The second-order valence-electron chi connectivity index (χ2n) is 5.11. The number of nitrogens with zero attached hydrogens (tertiary/aromatic N) is 3. The van der Waals surface area contributed by atoms with Gasteiger partial charge in [0.25, 0.3) is 10.0 Å². The molecular weight excluding hydrogens is 354 g/mol. The van der Waals surface area contributed by atoms with E-state index in [1.807, 2.05) is 18.2 Å². The number of piperazine rings is 1. The molecule has 2 aromatic rings. The lowest BCUT2D eigenvalue weighted by Crippen LogP contribution is -2.48. The number of halogens is 1. The summed E-state index contributed by atoms with van der Waals surface area (Å²) < 4.78 is 27.4. The molecule has 2 heterocycles. The summed E-state index contributed by atoms with van der Waals surface area (Å²) in [5, 5.41) is 8.97. The van der Waals surface area contributed by atoms with Crippen molar-refractivity contribution >= 4 is 38.6 Å². The average Bonchev–Trinajstić information content (AvgIpc) is 3.02. The zero-order valence-electron chi connectivity index (χ0n) is 12.1. The van der Waals surface area contributed by atoms with Crippen molar-refractivity contribution in [3.8, 4) is 6.07 Å². The quantitative estimate of drug-likeness (QED) is 0.836. The Bertz CT molecular complexity index is 850. The Morgan fingerprint density at radius 2 is 1.87 bits per heavy atom. The standard InChI is InChI=1S/C15H14ClN3O2S2/c16-14-4-5-15(22-14)23(20,21)19-8-6-18(7-9-19)13-3-1-2-12(10-13)11-17/h1-5,10H,6-9H2. The van der Waals surface area contributed by atoms with E-state index in [0.717, 1.165) is 17.0 Å². The topological polar surface area (TPSA) is 64.4 Å². The lowest BCUT2D eigenvalue weighted by atomic mass is 10.2. The first-order chi connectivity index (χ1) is 11.0. The van der Waals surface area contributed by atoms with Gasteiger partial charge in [0, 0.05) is 31.9 Å². The molecule has 3 rings (SSSR count). The van der Waals surface area contributed by atoms with Gasteiger partial charge in [-0.2, -0.15) is 9.57 Å². The molecule has 0 bridgehead atoms. The third-order valence-electron chi connectivity index (χ3n) is 3.72. The third kappa shape index (κ3) is 3.35. The number of nitriles is 1. The molecule has 0 radical (unpaired) electrons. The Labute approximate surface area is 144 Å². The third-order valence-corrected chi connectivity index (χ3v) is 7.32. The van der Waals surface area contributed by atoms with Crippen LogP contribution in [-0.2, 0) is 10.0 Å². The molecule has 0 unspecified atom stereocenters. The number of benzene rings is 1. The van der Waals surface area contributed by atoms with Gasteiger partial charge in [0.15, 0.2) is 0 Å². The highest BCUT2D eigenvalue weighted by molar-refractivity contribution is 7.91. The van der Waals surface area contributed by atoms with Gasteiger partial charge in [-0.1, -0.05) is 17.7 Å². The molecule has 1 aromatic heterocycles. The van der Waals surface area contributed by atoms with E-state index in [1.165, 1.54) is 4.31 Å². The van der Waals surface area contributed by atoms with Gasteiger partial charge in [0.05, 0.1) is 16.0 Å². The predicted molar refractivity (Wildman–Crippen MR) is 91.5 cm³/mol. The van der Waals surface area contributed by atoms with Crippen LogP contribution in [0.15, 0.2) is 40.6 Å². The smallest absolute Gasteiger partial charge is 0.252 e. The first-order valence-corrected chi connectivity index (χ1v) is 9.65. The highest BCUT2D eigenvalue weighted by atomic mass is 35.5. The molecule has 23 heavy (non-hydrogen) atoms. The van der Waals surface area contributed by atoms with E-state index >= 15 is 0 Å². The Morgan fingerprint density at radius 3 is 2.48 bits per heavy atom. The first-order valence-electron chi connectivity index (χ1n) is 7.01. The normalized spacial score (nSPS) is 16.3. The van der Waals surface area contributed by atoms with Gasteiger partial charge < -0.3 is 4.90 Å². The van der Waals surface area contributed by atoms with E-state index in [9.17, 15) is 8.42 Å². The van der Waals surface area contributed by atoms with Crippen LogP contribution in [0.25, 0.3) is 0 Å². The second-order valence-corrected chi connectivity index (χ2v) is 8.99. The van der Waals surface area contributed by atoms with E-state index in [0.29, 0.717) is 36.1 Å². The van der Waals surface area contributed by atoms with E-state index < -0.39 is 10.0 Å². The summed E-state index contributed by atoms with van der Waals surface area (Å²) in [6.07, 6.45) is 0. The lowest BCUT2D eigenvalue weighted by Gasteiger charge is -2.35. The molecule has 0 amide bonds. The van der Waals surface area contributed by atoms with Gasteiger partial charge in [-0.3, -0.25) is 0 Å². The molecule has 0 N–H and O–H groups in total. The zero-order valence-corrected chi connectivity index (χ0v) is 14.5. The van der Waals surface area contributed by atoms with E-state index in [2.05, 4.69) is 11.0 Å².